The molecule has 1 atom stereocenters. The van der Waals surface area contributed by atoms with Gasteiger partial charge in [0, 0.05) is 24.2 Å². The molecule has 3 nitrogen and oxygen atoms in total. The molecule has 1 saturated heterocycles. The summed E-state index contributed by atoms with van der Waals surface area (Å²) < 4.78 is 13.3. The molecule has 1 unspecified atom stereocenters. The van der Waals surface area contributed by atoms with Crippen LogP contribution in [0.5, 0.6) is 0 Å². The molecule has 0 radical (unpaired) electrons. The second-order valence-electron chi connectivity index (χ2n) is 9.99. The molecule has 0 bridgehead atoms. The molecule has 32 heavy (non-hydrogen) atoms. The molecule has 2 aromatic rings. The summed E-state index contributed by atoms with van der Waals surface area (Å²) in [6.07, 6.45) is 10.1. The van der Waals surface area contributed by atoms with E-state index in [1.165, 1.54) is 30.4 Å². The van der Waals surface area contributed by atoms with Crippen LogP contribution in [0.25, 0.3) is 0 Å². The van der Waals surface area contributed by atoms with Gasteiger partial charge in [-0.25, -0.2) is 4.39 Å². The number of aryl methyl sites for hydroxylation is 1. The van der Waals surface area contributed by atoms with E-state index in [0.717, 1.165) is 63.8 Å². The van der Waals surface area contributed by atoms with Crippen LogP contribution in [-0.2, 0) is 11.2 Å². The molecule has 170 valence electrons. The summed E-state index contributed by atoms with van der Waals surface area (Å²) in [7, 11) is 0. The minimum atomic E-state index is -0.161. The van der Waals surface area contributed by atoms with Crippen molar-refractivity contribution in [2.45, 2.75) is 69.7 Å². The number of hydrogen-bond donors (Lipinski definition) is 0. The Balaban J connectivity index is 1.28. The molecule has 2 fully saturated rings. The third-order valence-electron chi connectivity index (χ3n) is 7.95. The average molecular weight is 435 g/mol. The van der Waals surface area contributed by atoms with E-state index < -0.39 is 0 Å². The number of carbonyl (C=O) groups is 1. The van der Waals surface area contributed by atoms with E-state index in [1.54, 1.807) is 12.1 Å². The molecule has 3 aliphatic rings. The monoisotopic (exact) mass is 434 g/mol. The first kappa shape index (κ1) is 21.6. The van der Waals surface area contributed by atoms with Gasteiger partial charge in [0.05, 0.1) is 0 Å². The highest BCUT2D eigenvalue weighted by molar-refractivity contribution is 5.97. The van der Waals surface area contributed by atoms with Gasteiger partial charge in [-0.15, -0.1) is 0 Å². The average Bonchev–Trinajstić information content (AvgIpc) is 2.85. The van der Waals surface area contributed by atoms with Gasteiger partial charge in [-0.1, -0.05) is 49.6 Å². The van der Waals surface area contributed by atoms with Crippen LogP contribution >= 0.6 is 0 Å². The summed E-state index contributed by atoms with van der Waals surface area (Å²) in [6, 6.07) is 15.8. The third kappa shape index (κ3) is 4.61. The van der Waals surface area contributed by atoms with Crippen molar-refractivity contribution in [3.8, 4) is 0 Å². The maximum absolute atomic E-state index is 13.7. The number of piperidine rings is 1. The fourth-order valence-electron chi connectivity index (χ4n) is 6.10. The Kier molecular flexibility index (Phi) is 6.59. The van der Waals surface area contributed by atoms with E-state index >= 15 is 0 Å². The van der Waals surface area contributed by atoms with Gasteiger partial charge < -0.3 is 9.80 Å². The van der Waals surface area contributed by atoms with Gasteiger partial charge in [-0.05, 0) is 86.9 Å². The normalized spacial score (nSPS) is 23.2. The number of likely N-dealkylation sites (tertiary alicyclic amines) is 1. The number of halogens is 1. The SMILES string of the molecule is O=C(C1CCCCC1)N1c2ccccc2CCC1CN1CCC(c2ccc(F)cc2)CC1. The Morgan fingerprint density at radius 2 is 1.59 bits per heavy atom. The number of rotatable bonds is 4. The van der Waals surface area contributed by atoms with E-state index in [4.69, 9.17) is 0 Å². The Morgan fingerprint density at radius 3 is 2.34 bits per heavy atom. The van der Waals surface area contributed by atoms with Crippen LogP contribution in [0, 0.1) is 11.7 Å². The smallest absolute Gasteiger partial charge is 0.230 e. The number of para-hydroxylation sites is 1. The summed E-state index contributed by atoms with van der Waals surface area (Å²) in [5, 5.41) is 0. The lowest BCUT2D eigenvalue weighted by Crippen LogP contribution is -2.52. The second-order valence-corrected chi connectivity index (χ2v) is 9.99. The number of nitrogens with zero attached hydrogens (tertiary/aromatic N) is 2. The van der Waals surface area contributed by atoms with Crippen LogP contribution in [0.1, 0.15) is 68.4 Å². The van der Waals surface area contributed by atoms with Crippen molar-refractivity contribution in [2.75, 3.05) is 24.5 Å². The quantitative estimate of drug-likeness (QED) is 0.595. The molecule has 1 saturated carbocycles. The zero-order valence-corrected chi connectivity index (χ0v) is 19.0. The molecule has 5 rings (SSSR count). The van der Waals surface area contributed by atoms with Crippen molar-refractivity contribution in [1.82, 2.24) is 4.90 Å². The molecule has 2 heterocycles. The first-order valence-corrected chi connectivity index (χ1v) is 12.6. The highest BCUT2D eigenvalue weighted by Crippen LogP contribution is 2.36. The molecule has 4 heteroatoms. The van der Waals surface area contributed by atoms with E-state index in [9.17, 15) is 9.18 Å². The third-order valence-corrected chi connectivity index (χ3v) is 7.95. The molecule has 1 amide bonds. The van der Waals surface area contributed by atoms with Crippen molar-refractivity contribution in [3.05, 3.63) is 65.5 Å². The Labute approximate surface area is 191 Å². The maximum Gasteiger partial charge on any atom is 0.230 e. The van der Waals surface area contributed by atoms with Crippen LogP contribution in [-0.4, -0.2) is 36.5 Å². The number of anilines is 1. The van der Waals surface area contributed by atoms with Gasteiger partial charge in [-0.3, -0.25) is 4.79 Å². The van der Waals surface area contributed by atoms with Crippen LogP contribution < -0.4 is 4.90 Å². The Bertz CT molecular complexity index is 913. The van der Waals surface area contributed by atoms with Crippen molar-refractivity contribution in [2.24, 2.45) is 5.92 Å². The van der Waals surface area contributed by atoms with Gasteiger partial charge in [0.15, 0.2) is 0 Å². The number of amides is 1. The van der Waals surface area contributed by atoms with Crippen molar-refractivity contribution >= 4 is 11.6 Å². The highest BCUT2D eigenvalue weighted by atomic mass is 19.1. The van der Waals surface area contributed by atoms with Gasteiger partial charge >= 0.3 is 0 Å². The van der Waals surface area contributed by atoms with E-state index in [2.05, 4.69) is 34.1 Å². The molecular formula is C28H35FN2O. The molecule has 1 aliphatic carbocycles. The van der Waals surface area contributed by atoms with Crippen molar-refractivity contribution in [3.63, 3.8) is 0 Å². The topological polar surface area (TPSA) is 23.6 Å². The van der Waals surface area contributed by atoms with E-state index in [1.807, 2.05) is 12.1 Å². The van der Waals surface area contributed by atoms with Crippen molar-refractivity contribution < 1.29 is 9.18 Å². The van der Waals surface area contributed by atoms with Crippen LogP contribution in [0.2, 0.25) is 0 Å². The molecular weight excluding hydrogens is 399 g/mol. The lowest BCUT2D eigenvalue weighted by atomic mass is 9.85. The lowest BCUT2D eigenvalue weighted by Gasteiger charge is -2.43. The Morgan fingerprint density at radius 1 is 0.875 bits per heavy atom. The van der Waals surface area contributed by atoms with Crippen LogP contribution in [0.15, 0.2) is 48.5 Å². The van der Waals surface area contributed by atoms with Gasteiger partial charge in [0.2, 0.25) is 5.91 Å². The molecule has 0 spiro atoms. The van der Waals surface area contributed by atoms with Gasteiger partial charge in [0.1, 0.15) is 5.82 Å². The predicted octanol–water partition coefficient (Wildman–Crippen LogP) is 5.93. The summed E-state index contributed by atoms with van der Waals surface area (Å²) in [4.78, 5) is 18.5. The Hall–Kier alpha value is -2.20. The minimum absolute atomic E-state index is 0.161. The molecule has 0 N–H and O–H groups in total. The van der Waals surface area contributed by atoms with Gasteiger partial charge in [-0.2, -0.15) is 0 Å². The second kappa shape index (κ2) is 9.74. The van der Waals surface area contributed by atoms with E-state index in [-0.39, 0.29) is 17.8 Å². The van der Waals surface area contributed by atoms with Crippen LogP contribution in [0.3, 0.4) is 0 Å². The molecule has 0 aromatic heterocycles. The lowest BCUT2D eigenvalue weighted by molar-refractivity contribution is -0.124. The largest absolute Gasteiger partial charge is 0.308 e. The number of benzene rings is 2. The molecule has 2 aromatic carbocycles. The first-order chi connectivity index (χ1) is 15.7. The fourth-order valence-corrected chi connectivity index (χ4v) is 6.10. The first-order valence-electron chi connectivity index (χ1n) is 12.6. The summed E-state index contributed by atoms with van der Waals surface area (Å²) in [5.41, 5.74) is 3.73. The van der Waals surface area contributed by atoms with Crippen LogP contribution in [0.4, 0.5) is 10.1 Å². The fraction of sp³-hybridized carbons (Fsp3) is 0.536. The zero-order valence-electron chi connectivity index (χ0n) is 19.0. The van der Waals surface area contributed by atoms with Gasteiger partial charge in [0.25, 0.3) is 0 Å². The summed E-state index contributed by atoms with van der Waals surface area (Å²) in [5.74, 6) is 0.912. The zero-order chi connectivity index (χ0) is 21.9. The number of fused-ring (bicyclic) bond motifs is 1. The number of hydrogen-bond acceptors (Lipinski definition) is 2. The standard InChI is InChI=1S/C28H35FN2O/c29-25-13-10-21(11-14-25)22-16-18-30(19-17-22)20-26-15-12-23-6-4-5-9-27(23)31(26)28(32)24-7-2-1-3-8-24/h4-6,9-11,13-14,22,24,26H,1-3,7-8,12,15-20H2. The van der Waals surface area contributed by atoms with Crippen molar-refractivity contribution in [1.29, 1.82) is 0 Å². The minimum Gasteiger partial charge on any atom is -0.308 e. The molecule has 2 aliphatic heterocycles. The highest BCUT2D eigenvalue weighted by Gasteiger charge is 2.36. The summed E-state index contributed by atoms with van der Waals surface area (Å²) in [6.45, 7) is 3.06. The van der Waals surface area contributed by atoms with E-state index in [0.29, 0.717) is 11.8 Å². The summed E-state index contributed by atoms with van der Waals surface area (Å²) >= 11 is 0. The predicted molar refractivity (Wildman–Crippen MR) is 127 cm³/mol. The maximum atomic E-state index is 13.7. The number of carbonyl (C=O) groups excluding carboxylic acids is 1.